The molecule has 1 N–H and O–H groups in total. The molecule has 0 aromatic heterocycles. The summed E-state index contributed by atoms with van der Waals surface area (Å²) in [5, 5.41) is 17.1. The Labute approximate surface area is 105 Å². The summed E-state index contributed by atoms with van der Waals surface area (Å²) in [4.78, 5) is 10.3. The van der Waals surface area contributed by atoms with Gasteiger partial charge in [0, 0.05) is 12.2 Å². The lowest BCUT2D eigenvalue weighted by Crippen LogP contribution is -1.94. The van der Waals surface area contributed by atoms with Crippen molar-refractivity contribution < 1.29 is 9.90 Å². The molecule has 1 rings (SSSR count). The molecule has 17 heavy (non-hydrogen) atoms. The fraction of sp³-hybridized carbons (Fsp3) is 0.385. The van der Waals surface area contributed by atoms with Crippen LogP contribution < -0.4 is 0 Å². The van der Waals surface area contributed by atoms with E-state index in [1.54, 1.807) is 11.8 Å². The van der Waals surface area contributed by atoms with Gasteiger partial charge in [0.05, 0.1) is 11.6 Å². The maximum absolute atomic E-state index is 10.3. The van der Waals surface area contributed by atoms with E-state index in [2.05, 4.69) is 6.07 Å². The SMILES string of the molecule is N#Cc1ccc(CSCCCCC(=O)O)cc1. The predicted molar refractivity (Wildman–Crippen MR) is 68.8 cm³/mol. The van der Waals surface area contributed by atoms with Gasteiger partial charge >= 0.3 is 5.97 Å². The molecule has 0 aliphatic rings. The summed E-state index contributed by atoms with van der Waals surface area (Å²) in [6, 6.07) is 9.65. The zero-order valence-electron chi connectivity index (χ0n) is 9.56. The molecule has 0 heterocycles. The smallest absolute Gasteiger partial charge is 0.303 e. The largest absolute Gasteiger partial charge is 0.481 e. The second kappa shape index (κ2) is 7.75. The lowest BCUT2D eigenvalue weighted by atomic mass is 10.2. The second-order valence-electron chi connectivity index (χ2n) is 3.71. The second-order valence-corrected chi connectivity index (χ2v) is 4.82. The molecule has 0 radical (unpaired) electrons. The van der Waals surface area contributed by atoms with E-state index in [-0.39, 0.29) is 6.42 Å². The van der Waals surface area contributed by atoms with Crippen molar-refractivity contribution in [3.63, 3.8) is 0 Å². The van der Waals surface area contributed by atoms with Gasteiger partial charge in [0.2, 0.25) is 0 Å². The van der Waals surface area contributed by atoms with Gasteiger partial charge in [-0.05, 0) is 36.3 Å². The Morgan fingerprint density at radius 2 is 2.00 bits per heavy atom. The third kappa shape index (κ3) is 5.98. The van der Waals surface area contributed by atoms with E-state index < -0.39 is 5.97 Å². The zero-order chi connectivity index (χ0) is 12.5. The number of carbonyl (C=O) groups is 1. The molecule has 0 aliphatic carbocycles. The van der Waals surface area contributed by atoms with Crippen LogP contribution in [0.15, 0.2) is 24.3 Å². The van der Waals surface area contributed by atoms with Crippen LogP contribution in [0.1, 0.15) is 30.4 Å². The molecule has 3 nitrogen and oxygen atoms in total. The molecular formula is C13H15NO2S. The average Bonchev–Trinajstić information content (AvgIpc) is 2.34. The van der Waals surface area contributed by atoms with Gasteiger partial charge < -0.3 is 5.11 Å². The molecule has 1 aromatic rings. The van der Waals surface area contributed by atoms with Crippen molar-refractivity contribution in [1.29, 1.82) is 5.26 Å². The molecule has 1 aromatic carbocycles. The van der Waals surface area contributed by atoms with E-state index in [0.29, 0.717) is 5.56 Å². The summed E-state index contributed by atoms with van der Waals surface area (Å²) in [6.45, 7) is 0. The van der Waals surface area contributed by atoms with Gasteiger partial charge in [-0.2, -0.15) is 17.0 Å². The van der Waals surface area contributed by atoms with Crippen molar-refractivity contribution in [2.24, 2.45) is 0 Å². The Bertz CT molecular complexity index is 395. The molecule has 0 saturated heterocycles. The molecule has 0 unspecified atom stereocenters. The van der Waals surface area contributed by atoms with Gasteiger partial charge in [0.25, 0.3) is 0 Å². The van der Waals surface area contributed by atoms with E-state index in [9.17, 15) is 4.79 Å². The third-order valence-electron chi connectivity index (χ3n) is 2.28. The number of hydrogen-bond acceptors (Lipinski definition) is 3. The van der Waals surface area contributed by atoms with Crippen LogP contribution in [0.25, 0.3) is 0 Å². The molecule has 0 atom stereocenters. The Hall–Kier alpha value is -1.47. The van der Waals surface area contributed by atoms with Gasteiger partial charge in [-0.1, -0.05) is 12.1 Å². The standard InChI is InChI=1S/C13H15NO2S/c14-9-11-4-6-12(7-5-11)10-17-8-2-1-3-13(15)16/h4-7H,1-3,8,10H2,(H,15,16). The van der Waals surface area contributed by atoms with Crippen molar-refractivity contribution in [2.75, 3.05) is 5.75 Å². The first-order valence-corrected chi connectivity index (χ1v) is 6.66. The van der Waals surface area contributed by atoms with Crippen molar-refractivity contribution in [3.05, 3.63) is 35.4 Å². The highest BCUT2D eigenvalue weighted by atomic mass is 32.2. The Morgan fingerprint density at radius 3 is 2.59 bits per heavy atom. The monoisotopic (exact) mass is 249 g/mol. The summed E-state index contributed by atoms with van der Waals surface area (Å²) in [5.74, 6) is 1.17. The first-order chi connectivity index (χ1) is 8.22. The lowest BCUT2D eigenvalue weighted by Gasteiger charge is -2.01. The van der Waals surface area contributed by atoms with Gasteiger partial charge in [-0.3, -0.25) is 4.79 Å². The highest BCUT2D eigenvalue weighted by Crippen LogP contribution is 2.14. The molecule has 0 aliphatic heterocycles. The van der Waals surface area contributed by atoms with E-state index in [0.717, 1.165) is 24.3 Å². The number of nitrogens with zero attached hydrogens (tertiary/aromatic N) is 1. The number of carboxylic acids is 1. The van der Waals surface area contributed by atoms with Gasteiger partial charge in [-0.25, -0.2) is 0 Å². The van der Waals surface area contributed by atoms with Crippen molar-refractivity contribution in [3.8, 4) is 6.07 Å². The van der Waals surface area contributed by atoms with Crippen LogP contribution in [0.3, 0.4) is 0 Å². The van der Waals surface area contributed by atoms with E-state index in [1.807, 2.05) is 24.3 Å². The topological polar surface area (TPSA) is 61.1 Å². The number of carboxylic acid groups (broad SMARTS) is 1. The quantitative estimate of drug-likeness (QED) is 0.754. The summed E-state index contributed by atoms with van der Waals surface area (Å²) in [6.07, 6.45) is 1.94. The predicted octanol–water partition coefficient (Wildman–Crippen LogP) is 3.05. The first kappa shape index (κ1) is 13.6. The lowest BCUT2D eigenvalue weighted by molar-refractivity contribution is -0.137. The minimum Gasteiger partial charge on any atom is -0.481 e. The Morgan fingerprint density at radius 1 is 1.29 bits per heavy atom. The number of benzene rings is 1. The van der Waals surface area contributed by atoms with Crippen LogP contribution in [-0.4, -0.2) is 16.8 Å². The highest BCUT2D eigenvalue weighted by molar-refractivity contribution is 7.98. The van der Waals surface area contributed by atoms with Crippen LogP contribution in [0.5, 0.6) is 0 Å². The van der Waals surface area contributed by atoms with E-state index >= 15 is 0 Å². The Kier molecular flexibility index (Phi) is 6.19. The first-order valence-electron chi connectivity index (χ1n) is 5.51. The number of rotatable bonds is 7. The molecule has 90 valence electrons. The van der Waals surface area contributed by atoms with Crippen LogP contribution in [0.4, 0.5) is 0 Å². The van der Waals surface area contributed by atoms with Crippen LogP contribution in [0.2, 0.25) is 0 Å². The summed E-state index contributed by atoms with van der Waals surface area (Å²) in [5.41, 5.74) is 1.88. The van der Waals surface area contributed by atoms with Crippen molar-refractivity contribution in [2.45, 2.75) is 25.0 Å². The number of thioether (sulfide) groups is 1. The van der Waals surface area contributed by atoms with E-state index in [4.69, 9.17) is 10.4 Å². The molecule has 0 amide bonds. The van der Waals surface area contributed by atoms with Crippen LogP contribution >= 0.6 is 11.8 Å². The van der Waals surface area contributed by atoms with Crippen LogP contribution in [0, 0.1) is 11.3 Å². The molecule has 0 bridgehead atoms. The van der Waals surface area contributed by atoms with Gasteiger partial charge in [-0.15, -0.1) is 0 Å². The third-order valence-corrected chi connectivity index (χ3v) is 3.40. The number of nitriles is 1. The summed E-state index contributed by atoms with van der Waals surface area (Å²) >= 11 is 1.80. The minimum atomic E-state index is -0.720. The molecule has 0 saturated carbocycles. The van der Waals surface area contributed by atoms with Gasteiger partial charge in [0.15, 0.2) is 0 Å². The normalized spacial score (nSPS) is 9.82. The number of aliphatic carboxylic acids is 1. The summed E-state index contributed by atoms with van der Waals surface area (Å²) < 4.78 is 0. The molecule has 4 heteroatoms. The minimum absolute atomic E-state index is 0.261. The van der Waals surface area contributed by atoms with Gasteiger partial charge in [0.1, 0.15) is 0 Å². The average molecular weight is 249 g/mol. The molecule has 0 fully saturated rings. The maximum atomic E-state index is 10.3. The molecule has 0 spiro atoms. The molecular weight excluding hydrogens is 234 g/mol. The van der Waals surface area contributed by atoms with Crippen molar-refractivity contribution in [1.82, 2.24) is 0 Å². The summed E-state index contributed by atoms with van der Waals surface area (Å²) in [7, 11) is 0. The maximum Gasteiger partial charge on any atom is 0.303 e. The number of unbranched alkanes of at least 4 members (excludes halogenated alkanes) is 1. The Balaban J connectivity index is 2.14. The number of hydrogen-bond donors (Lipinski definition) is 1. The highest BCUT2D eigenvalue weighted by Gasteiger charge is 1.98. The van der Waals surface area contributed by atoms with E-state index in [1.165, 1.54) is 5.56 Å². The van der Waals surface area contributed by atoms with Crippen LogP contribution in [-0.2, 0) is 10.5 Å². The zero-order valence-corrected chi connectivity index (χ0v) is 10.4. The fourth-order valence-corrected chi connectivity index (χ4v) is 2.33. The fourth-order valence-electron chi connectivity index (χ4n) is 1.35. The van der Waals surface area contributed by atoms with Crippen molar-refractivity contribution >= 4 is 17.7 Å².